The third kappa shape index (κ3) is 3.23. The molecule has 0 amide bonds. The maximum atomic E-state index is 11.3. The Morgan fingerprint density at radius 1 is 0.964 bits per heavy atom. The van der Waals surface area contributed by atoms with E-state index < -0.39 is 0 Å². The van der Waals surface area contributed by atoms with Crippen molar-refractivity contribution in [1.29, 1.82) is 0 Å². The number of pyridine rings is 1. The molecule has 4 aromatic rings. The molecule has 0 aliphatic carbocycles. The molecule has 3 aromatic carbocycles. The van der Waals surface area contributed by atoms with Crippen LogP contribution >= 0.6 is 11.6 Å². The highest BCUT2D eigenvalue weighted by molar-refractivity contribution is 6.30. The van der Waals surface area contributed by atoms with Crippen molar-refractivity contribution in [1.82, 2.24) is 4.98 Å². The van der Waals surface area contributed by atoms with E-state index in [-0.39, 0.29) is 10.6 Å². The van der Waals surface area contributed by atoms with Crippen LogP contribution in [0.5, 0.6) is 0 Å². The van der Waals surface area contributed by atoms with Gasteiger partial charge in [0.25, 0.3) is 5.69 Å². The van der Waals surface area contributed by atoms with Gasteiger partial charge >= 0.3 is 0 Å². The second kappa shape index (κ2) is 7.41. The molecular weight excluding hydrogens is 372 g/mol. The summed E-state index contributed by atoms with van der Waals surface area (Å²) in [4.78, 5) is 15.8. The Bertz CT molecular complexity index is 1170. The number of halogens is 1. The summed E-state index contributed by atoms with van der Waals surface area (Å²) in [5, 5.41) is 12.8. The fraction of sp³-hybridized carbons (Fsp3) is 0.0870. The summed E-state index contributed by atoms with van der Waals surface area (Å²) in [6, 6.07) is 22.4. The van der Waals surface area contributed by atoms with Gasteiger partial charge in [-0.2, -0.15) is 0 Å². The summed E-state index contributed by atoms with van der Waals surface area (Å²) in [5.74, 6) is 0. The molecule has 1 heterocycles. The summed E-state index contributed by atoms with van der Waals surface area (Å²) in [6.45, 7) is 2.08. The van der Waals surface area contributed by atoms with Crippen LogP contribution in [0.3, 0.4) is 0 Å². The van der Waals surface area contributed by atoms with E-state index in [1.165, 1.54) is 6.07 Å². The van der Waals surface area contributed by atoms with Crippen molar-refractivity contribution in [2.24, 2.45) is 0 Å². The number of nitro benzene ring substituents is 1. The number of non-ortho nitro benzene ring substituents is 1. The number of benzene rings is 3. The Kier molecular flexibility index (Phi) is 4.80. The first-order valence-electron chi connectivity index (χ1n) is 9.01. The first kappa shape index (κ1) is 18.1. The lowest BCUT2D eigenvalue weighted by Gasteiger charge is -2.17. The molecule has 28 heavy (non-hydrogen) atoms. The van der Waals surface area contributed by atoms with Crippen LogP contribution in [0.4, 0.5) is 5.69 Å². The van der Waals surface area contributed by atoms with Crippen molar-refractivity contribution in [3.05, 3.63) is 93.5 Å². The number of hydrogen-bond acceptors (Lipinski definition) is 3. The summed E-state index contributed by atoms with van der Waals surface area (Å²) in [5.41, 5.74) is 5.70. The van der Waals surface area contributed by atoms with Crippen LogP contribution in [-0.2, 0) is 6.42 Å². The largest absolute Gasteiger partial charge is 0.270 e. The van der Waals surface area contributed by atoms with E-state index in [1.807, 2.05) is 54.6 Å². The Morgan fingerprint density at radius 3 is 2.32 bits per heavy atom. The lowest BCUT2D eigenvalue weighted by atomic mass is 9.90. The van der Waals surface area contributed by atoms with Crippen molar-refractivity contribution in [3.8, 4) is 22.4 Å². The van der Waals surface area contributed by atoms with Gasteiger partial charge < -0.3 is 0 Å². The zero-order chi connectivity index (χ0) is 19.7. The number of fused-ring (bicyclic) bond motifs is 1. The molecule has 4 rings (SSSR count). The molecule has 0 N–H and O–H groups in total. The maximum Gasteiger partial charge on any atom is 0.270 e. The van der Waals surface area contributed by atoms with Gasteiger partial charge in [0.05, 0.1) is 16.1 Å². The molecule has 0 bridgehead atoms. The van der Waals surface area contributed by atoms with E-state index >= 15 is 0 Å². The Balaban J connectivity index is 2.11. The minimum Gasteiger partial charge on any atom is -0.258 e. The smallest absolute Gasteiger partial charge is 0.258 e. The van der Waals surface area contributed by atoms with E-state index in [9.17, 15) is 10.1 Å². The second-order valence-corrected chi connectivity index (χ2v) is 6.94. The SMILES string of the molecule is CCc1c(-c2ccc(Cl)cc2)nc2ccc([N+](=O)[O-])cc2c1-c1ccccc1. The van der Waals surface area contributed by atoms with Crippen LogP contribution in [-0.4, -0.2) is 9.91 Å². The average molecular weight is 389 g/mol. The molecule has 0 saturated carbocycles. The van der Waals surface area contributed by atoms with Crippen molar-refractivity contribution < 1.29 is 4.92 Å². The molecule has 0 spiro atoms. The molecule has 1 aromatic heterocycles. The molecule has 0 aliphatic rings. The molecule has 0 atom stereocenters. The van der Waals surface area contributed by atoms with E-state index in [0.717, 1.165) is 45.3 Å². The lowest BCUT2D eigenvalue weighted by molar-refractivity contribution is -0.384. The predicted octanol–water partition coefficient (Wildman–Crippen LogP) is 6.69. The fourth-order valence-corrected chi connectivity index (χ4v) is 3.66. The zero-order valence-electron chi connectivity index (χ0n) is 15.2. The van der Waals surface area contributed by atoms with Gasteiger partial charge in [0.2, 0.25) is 0 Å². The zero-order valence-corrected chi connectivity index (χ0v) is 16.0. The number of aromatic nitrogens is 1. The van der Waals surface area contributed by atoms with Crippen LogP contribution in [0, 0.1) is 10.1 Å². The number of nitrogens with zero attached hydrogens (tertiary/aromatic N) is 2. The molecular formula is C23H17ClN2O2. The summed E-state index contributed by atoms with van der Waals surface area (Å²) in [6.07, 6.45) is 0.744. The van der Waals surface area contributed by atoms with Crippen LogP contribution in [0.15, 0.2) is 72.8 Å². The van der Waals surface area contributed by atoms with Crippen LogP contribution in [0.2, 0.25) is 5.02 Å². The third-order valence-electron chi connectivity index (χ3n) is 4.81. The predicted molar refractivity (Wildman–Crippen MR) is 114 cm³/mol. The highest BCUT2D eigenvalue weighted by atomic mass is 35.5. The molecule has 4 nitrogen and oxygen atoms in total. The van der Waals surface area contributed by atoms with Gasteiger partial charge in [-0.15, -0.1) is 0 Å². The second-order valence-electron chi connectivity index (χ2n) is 6.50. The first-order chi connectivity index (χ1) is 13.6. The van der Waals surface area contributed by atoms with Gasteiger partial charge in [0.1, 0.15) is 0 Å². The van der Waals surface area contributed by atoms with Gasteiger partial charge in [0, 0.05) is 28.1 Å². The Morgan fingerprint density at radius 2 is 1.68 bits per heavy atom. The molecule has 0 aliphatic heterocycles. The minimum absolute atomic E-state index is 0.0628. The first-order valence-corrected chi connectivity index (χ1v) is 9.38. The van der Waals surface area contributed by atoms with Crippen LogP contribution < -0.4 is 0 Å². The normalized spacial score (nSPS) is 10.9. The number of nitro groups is 1. The van der Waals surface area contributed by atoms with Crippen molar-refractivity contribution >= 4 is 28.2 Å². The van der Waals surface area contributed by atoms with Crippen molar-refractivity contribution in [2.45, 2.75) is 13.3 Å². The monoisotopic (exact) mass is 388 g/mol. The summed E-state index contributed by atoms with van der Waals surface area (Å²) < 4.78 is 0. The quantitative estimate of drug-likeness (QED) is 0.289. The van der Waals surface area contributed by atoms with Gasteiger partial charge in [0.15, 0.2) is 0 Å². The van der Waals surface area contributed by atoms with Crippen LogP contribution in [0.1, 0.15) is 12.5 Å². The van der Waals surface area contributed by atoms with E-state index in [4.69, 9.17) is 16.6 Å². The molecule has 5 heteroatoms. The van der Waals surface area contributed by atoms with Gasteiger partial charge in [-0.25, -0.2) is 4.98 Å². The topological polar surface area (TPSA) is 56.0 Å². The molecule has 0 radical (unpaired) electrons. The lowest BCUT2D eigenvalue weighted by Crippen LogP contribution is -1.99. The maximum absolute atomic E-state index is 11.3. The standard InChI is InChI=1S/C23H17ClN2O2/c1-2-19-22(15-6-4-3-5-7-15)20-14-18(26(27)28)12-13-21(20)25-23(19)16-8-10-17(24)11-9-16/h3-14H,2H2,1H3. The van der Waals surface area contributed by atoms with Gasteiger partial charge in [-0.05, 0) is 41.3 Å². The van der Waals surface area contributed by atoms with Crippen molar-refractivity contribution in [2.75, 3.05) is 0 Å². The highest BCUT2D eigenvalue weighted by Gasteiger charge is 2.19. The summed E-state index contributed by atoms with van der Waals surface area (Å²) in [7, 11) is 0. The minimum atomic E-state index is -0.368. The Labute approximate surface area is 167 Å². The average Bonchev–Trinajstić information content (AvgIpc) is 2.73. The number of hydrogen-bond donors (Lipinski definition) is 0. The Hall–Kier alpha value is -3.24. The number of rotatable bonds is 4. The van der Waals surface area contributed by atoms with Gasteiger partial charge in [-0.1, -0.05) is 61.0 Å². The van der Waals surface area contributed by atoms with E-state index in [2.05, 4.69) is 6.92 Å². The fourth-order valence-electron chi connectivity index (χ4n) is 3.53. The summed E-state index contributed by atoms with van der Waals surface area (Å²) >= 11 is 6.06. The highest BCUT2D eigenvalue weighted by Crippen LogP contribution is 2.38. The van der Waals surface area contributed by atoms with E-state index in [1.54, 1.807) is 12.1 Å². The van der Waals surface area contributed by atoms with Gasteiger partial charge in [-0.3, -0.25) is 10.1 Å². The van der Waals surface area contributed by atoms with E-state index in [0.29, 0.717) is 5.02 Å². The van der Waals surface area contributed by atoms with Crippen LogP contribution in [0.25, 0.3) is 33.3 Å². The molecule has 0 unspecified atom stereocenters. The molecule has 0 saturated heterocycles. The van der Waals surface area contributed by atoms with Crippen molar-refractivity contribution in [3.63, 3.8) is 0 Å². The third-order valence-corrected chi connectivity index (χ3v) is 5.07. The molecule has 0 fully saturated rings. The molecule has 138 valence electrons.